The van der Waals surface area contributed by atoms with Gasteiger partial charge in [-0.3, -0.25) is 0 Å². The molecule has 0 aromatic heterocycles. The smallest absolute Gasteiger partial charge is 0.0476 e. The van der Waals surface area contributed by atoms with Gasteiger partial charge >= 0.3 is 0 Å². The number of nitrogens with one attached hydrogen (secondary N) is 1. The van der Waals surface area contributed by atoms with E-state index in [-0.39, 0.29) is 6.04 Å². The number of hydrogen-bond donors (Lipinski definition) is 1. The summed E-state index contributed by atoms with van der Waals surface area (Å²) in [5.41, 5.74) is 4.72. The molecule has 1 heterocycles. The van der Waals surface area contributed by atoms with Crippen molar-refractivity contribution in [1.82, 2.24) is 10.4 Å². The maximum atomic E-state index is 6.28. The van der Waals surface area contributed by atoms with Gasteiger partial charge in [0, 0.05) is 29.2 Å². The fourth-order valence-corrected chi connectivity index (χ4v) is 2.95. The van der Waals surface area contributed by atoms with Crippen LogP contribution in [-0.4, -0.2) is 18.1 Å². The van der Waals surface area contributed by atoms with Crippen LogP contribution in [0.1, 0.15) is 44.2 Å². The molecule has 4 heteroatoms. The van der Waals surface area contributed by atoms with E-state index in [1.807, 2.05) is 18.2 Å². The molecule has 1 unspecified atom stereocenters. The summed E-state index contributed by atoms with van der Waals surface area (Å²) in [7, 11) is 0. The van der Waals surface area contributed by atoms with E-state index in [2.05, 4.69) is 17.4 Å². The first-order valence-corrected chi connectivity index (χ1v) is 7.42. The molecule has 0 amide bonds. The summed E-state index contributed by atoms with van der Waals surface area (Å²) in [6.07, 6.45) is 4.91. The van der Waals surface area contributed by atoms with Crippen LogP contribution in [0.15, 0.2) is 18.2 Å². The van der Waals surface area contributed by atoms with Crippen LogP contribution in [0.4, 0.5) is 0 Å². The summed E-state index contributed by atoms with van der Waals surface area (Å²) in [5.74, 6) is 0. The van der Waals surface area contributed by atoms with Crippen molar-refractivity contribution in [2.75, 3.05) is 13.1 Å². The molecule has 1 aromatic carbocycles. The van der Waals surface area contributed by atoms with Gasteiger partial charge in [-0.1, -0.05) is 42.6 Å². The van der Waals surface area contributed by atoms with Gasteiger partial charge in [-0.15, -0.1) is 0 Å². The lowest BCUT2D eigenvalue weighted by Gasteiger charge is -2.32. The molecule has 100 valence electrons. The Morgan fingerprint density at radius 1 is 1.22 bits per heavy atom. The molecule has 0 saturated carbocycles. The highest BCUT2D eigenvalue weighted by molar-refractivity contribution is 6.35. The number of halogens is 2. The Morgan fingerprint density at radius 3 is 2.56 bits per heavy atom. The second-order valence-electron chi connectivity index (χ2n) is 4.80. The first-order valence-electron chi connectivity index (χ1n) is 6.66. The number of nitrogens with zero attached hydrogens (tertiary/aromatic N) is 1. The van der Waals surface area contributed by atoms with Gasteiger partial charge in [-0.05, 0) is 37.0 Å². The van der Waals surface area contributed by atoms with E-state index in [4.69, 9.17) is 23.2 Å². The monoisotopic (exact) mass is 286 g/mol. The summed E-state index contributed by atoms with van der Waals surface area (Å²) in [4.78, 5) is 0. The molecule has 1 aliphatic rings. The van der Waals surface area contributed by atoms with Crippen molar-refractivity contribution in [3.63, 3.8) is 0 Å². The maximum Gasteiger partial charge on any atom is 0.0476 e. The second-order valence-corrected chi connectivity index (χ2v) is 5.65. The lowest BCUT2D eigenvalue weighted by Crippen LogP contribution is -2.43. The van der Waals surface area contributed by atoms with Crippen molar-refractivity contribution >= 4 is 23.2 Å². The predicted octanol–water partition coefficient (Wildman–Crippen LogP) is 4.44. The number of hydrazine groups is 1. The zero-order valence-corrected chi connectivity index (χ0v) is 12.3. The molecule has 1 aromatic rings. The van der Waals surface area contributed by atoms with E-state index in [0.717, 1.165) is 30.1 Å². The Morgan fingerprint density at radius 2 is 1.94 bits per heavy atom. The molecule has 2 rings (SSSR count). The Labute approximate surface area is 119 Å². The third kappa shape index (κ3) is 3.61. The van der Waals surface area contributed by atoms with Crippen LogP contribution in [0.5, 0.6) is 0 Å². The highest BCUT2D eigenvalue weighted by Crippen LogP contribution is 2.28. The average molecular weight is 287 g/mol. The fourth-order valence-electron chi connectivity index (χ4n) is 2.41. The molecule has 0 spiro atoms. The third-order valence-corrected chi connectivity index (χ3v) is 4.00. The minimum absolute atomic E-state index is 0.271. The molecule has 2 nitrogen and oxygen atoms in total. The van der Waals surface area contributed by atoms with Crippen molar-refractivity contribution in [3.8, 4) is 0 Å². The number of rotatable bonds is 4. The molecule has 0 bridgehead atoms. The van der Waals surface area contributed by atoms with E-state index >= 15 is 0 Å². The predicted molar refractivity (Wildman–Crippen MR) is 78.1 cm³/mol. The van der Waals surface area contributed by atoms with Gasteiger partial charge in [0.15, 0.2) is 0 Å². The van der Waals surface area contributed by atoms with Gasteiger partial charge in [-0.2, -0.15) is 0 Å². The van der Waals surface area contributed by atoms with E-state index in [1.54, 1.807) is 0 Å². The quantitative estimate of drug-likeness (QED) is 0.881. The van der Waals surface area contributed by atoms with Crippen LogP contribution in [0.2, 0.25) is 10.0 Å². The van der Waals surface area contributed by atoms with Gasteiger partial charge in [0.25, 0.3) is 0 Å². The Hall–Kier alpha value is -0.280. The number of hydrogen-bond acceptors (Lipinski definition) is 2. The molecule has 0 aliphatic carbocycles. The van der Waals surface area contributed by atoms with Crippen molar-refractivity contribution < 1.29 is 0 Å². The van der Waals surface area contributed by atoms with E-state index in [1.165, 1.54) is 19.3 Å². The van der Waals surface area contributed by atoms with E-state index in [0.29, 0.717) is 5.02 Å². The largest absolute Gasteiger partial charge is 0.248 e. The SMILES string of the molecule is CCC(NN1CCCCC1)c1ccc(Cl)cc1Cl. The fraction of sp³-hybridized carbons (Fsp3) is 0.571. The molecule has 1 N–H and O–H groups in total. The molecular formula is C14H20Cl2N2. The zero-order chi connectivity index (χ0) is 13.0. The van der Waals surface area contributed by atoms with Crippen molar-refractivity contribution in [3.05, 3.63) is 33.8 Å². The molecule has 0 radical (unpaired) electrons. The average Bonchev–Trinajstić information content (AvgIpc) is 2.38. The Kier molecular flexibility index (Phi) is 5.31. The Bertz CT molecular complexity index is 389. The van der Waals surface area contributed by atoms with E-state index < -0.39 is 0 Å². The highest BCUT2D eigenvalue weighted by Gasteiger charge is 2.17. The highest BCUT2D eigenvalue weighted by atomic mass is 35.5. The normalized spacial score (nSPS) is 18.8. The molecule has 1 atom stereocenters. The van der Waals surface area contributed by atoms with Crippen molar-refractivity contribution in [2.24, 2.45) is 0 Å². The second kappa shape index (κ2) is 6.76. The standard InChI is InChI=1S/C14H20Cl2N2/c1-2-14(17-18-8-4-3-5-9-18)12-7-6-11(15)10-13(12)16/h6-7,10,14,17H,2-5,8-9H2,1H3. The van der Waals surface area contributed by atoms with Crippen LogP contribution < -0.4 is 5.43 Å². The molecular weight excluding hydrogens is 267 g/mol. The van der Waals surface area contributed by atoms with Crippen LogP contribution >= 0.6 is 23.2 Å². The van der Waals surface area contributed by atoms with Crippen LogP contribution in [0, 0.1) is 0 Å². The number of piperidine rings is 1. The summed E-state index contributed by atoms with van der Waals surface area (Å²) < 4.78 is 0. The van der Waals surface area contributed by atoms with Gasteiger partial charge in [0.1, 0.15) is 0 Å². The first kappa shape index (κ1) is 14.1. The topological polar surface area (TPSA) is 15.3 Å². The number of benzene rings is 1. The van der Waals surface area contributed by atoms with Gasteiger partial charge in [0.2, 0.25) is 0 Å². The first-order chi connectivity index (χ1) is 8.70. The maximum absolute atomic E-state index is 6.28. The lowest BCUT2D eigenvalue weighted by atomic mass is 10.0. The van der Waals surface area contributed by atoms with Crippen LogP contribution in [0.3, 0.4) is 0 Å². The van der Waals surface area contributed by atoms with Crippen LogP contribution in [0.25, 0.3) is 0 Å². The van der Waals surface area contributed by atoms with Crippen molar-refractivity contribution in [1.29, 1.82) is 0 Å². The molecule has 1 aliphatic heterocycles. The summed E-state index contributed by atoms with van der Waals surface area (Å²) >= 11 is 12.2. The minimum atomic E-state index is 0.271. The van der Waals surface area contributed by atoms with Gasteiger partial charge in [-0.25, -0.2) is 10.4 Å². The van der Waals surface area contributed by atoms with Gasteiger partial charge < -0.3 is 0 Å². The molecule has 1 fully saturated rings. The summed E-state index contributed by atoms with van der Waals surface area (Å²) in [5, 5.41) is 3.76. The molecule has 18 heavy (non-hydrogen) atoms. The van der Waals surface area contributed by atoms with E-state index in [9.17, 15) is 0 Å². The summed E-state index contributed by atoms with van der Waals surface area (Å²) in [6.45, 7) is 4.43. The third-order valence-electron chi connectivity index (χ3n) is 3.44. The zero-order valence-electron chi connectivity index (χ0n) is 10.8. The lowest BCUT2D eigenvalue weighted by molar-refractivity contribution is 0.127. The summed E-state index contributed by atoms with van der Waals surface area (Å²) in [6, 6.07) is 6.02. The minimum Gasteiger partial charge on any atom is -0.248 e. The van der Waals surface area contributed by atoms with Gasteiger partial charge in [0.05, 0.1) is 0 Å². The Balaban J connectivity index is 2.07. The van der Waals surface area contributed by atoms with Crippen molar-refractivity contribution in [2.45, 2.75) is 38.6 Å². The van der Waals surface area contributed by atoms with Crippen LogP contribution in [-0.2, 0) is 0 Å². The molecule has 1 saturated heterocycles.